The van der Waals surface area contributed by atoms with Gasteiger partial charge in [0.15, 0.2) is 15.0 Å². The van der Waals surface area contributed by atoms with Gasteiger partial charge in [-0.3, -0.25) is 0 Å². The van der Waals surface area contributed by atoms with Gasteiger partial charge < -0.3 is 14.4 Å². The smallest absolute Gasteiger partial charge is 0.185 e. The predicted octanol–water partition coefficient (Wildman–Crippen LogP) is 5.06. The van der Waals surface area contributed by atoms with Crippen LogP contribution in [0, 0.1) is 5.82 Å². The SMILES string of the molecule is COc1cc(OC)cc(-c2csc(N3CCC(S(=O)(=O)c4ccc(F)c(Cl)c4)CC3)n2)c1. The molecule has 0 amide bonds. The van der Waals surface area contributed by atoms with Gasteiger partial charge in [0.05, 0.1) is 35.1 Å². The number of ether oxygens (including phenoxy) is 2. The van der Waals surface area contributed by atoms with Crippen molar-refractivity contribution in [2.45, 2.75) is 23.0 Å². The van der Waals surface area contributed by atoms with Crippen molar-refractivity contribution in [1.82, 2.24) is 4.98 Å². The van der Waals surface area contributed by atoms with Crippen molar-refractivity contribution in [2.75, 3.05) is 32.2 Å². The molecule has 2 heterocycles. The maximum Gasteiger partial charge on any atom is 0.185 e. The Morgan fingerprint density at radius 1 is 1.09 bits per heavy atom. The largest absolute Gasteiger partial charge is 0.497 e. The van der Waals surface area contributed by atoms with Crippen LogP contribution in [0.4, 0.5) is 9.52 Å². The number of hydrogen-bond donors (Lipinski definition) is 0. The van der Waals surface area contributed by atoms with Crippen LogP contribution in [0.1, 0.15) is 12.8 Å². The Morgan fingerprint density at radius 3 is 2.34 bits per heavy atom. The Bertz CT molecular complexity index is 1200. The number of thiazole rings is 1. The van der Waals surface area contributed by atoms with E-state index in [0.29, 0.717) is 37.4 Å². The van der Waals surface area contributed by atoms with Gasteiger partial charge in [-0.15, -0.1) is 11.3 Å². The lowest BCUT2D eigenvalue weighted by Crippen LogP contribution is -2.39. The number of rotatable bonds is 6. The molecule has 1 fully saturated rings. The van der Waals surface area contributed by atoms with Gasteiger partial charge in [0, 0.05) is 30.1 Å². The molecular formula is C22H22ClFN2O4S2. The van der Waals surface area contributed by atoms with Gasteiger partial charge in [0.25, 0.3) is 0 Å². The molecule has 0 bridgehead atoms. The Hall–Kier alpha value is -2.36. The third kappa shape index (κ3) is 4.55. The molecule has 1 saturated heterocycles. The molecule has 0 unspecified atom stereocenters. The second-order valence-electron chi connectivity index (χ2n) is 7.42. The van der Waals surface area contributed by atoms with Crippen LogP contribution >= 0.6 is 22.9 Å². The number of sulfone groups is 1. The highest BCUT2D eigenvalue weighted by molar-refractivity contribution is 7.92. The van der Waals surface area contributed by atoms with Crippen molar-refractivity contribution < 1.29 is 22.3 Å². The lowest BCUT2D eigenvalue weighted by Gasteiger charge is -2.31. The summed E-state index contributed by atoms with van der Waals surface area (Å²) >= 11 is 7.29. The van der Waals surface area contributed by atoms with E-state index in [1.54, 1.807) is 20.3 Å². The van der Waals surface area contributed by atoms with Gasteiger partial charge >= 0.3 is 0 Å². The number of benzene rings is 2. The van der Waals surface area contributed by atoms with E-state index in [1.807, 2.05) is 17.5 Å². The number of nitrogens with zero attached hydrogens (tertiary/aromatic N) is 2. The van der Waals surface area contributed by atoms with E-state index >= 15 is 0 Å². The standard InChI is InChI=1S/C22H22ClFN2O4S2/c1-29-15-9-14(10-16(11-15)30-2)21-13-31-22(25-21)26-7-5-17(6-8-26)32(27,28)18-3-4-20(24)19(23)12-18/h3-4,9-13,17H,5-8H2,1-2H3. The van der Waals surface area contributed by atoms with Crippen LogP contribution < -0.4 is 14.4 Å². The average molecular weight is 497 g/mol. The minimum absolute atomic E-state index is 0.0610. The summed E-state index contributed by atoms with van der Waals surface area (Å²) in [6, 6.07) is 9.15. The van der Waals surface area contributed by atoms with Crippen molar-refractivity contribution >= 4 is 37.9 Å². The molecule has 170 valence electrons. The van der Waals surface area contributed by atoms with E-state index < -0.39 is 20.9 Å². The molecule has 0 atom stereocenters. The van der Waals surface area contributed by atoms with Crippen LogP contribution in [0.25, 0.3) is 11.3 Å². The highest BCUT2D eigenvalue weighted by Crippen LogP contribution is 2.35. The fourth-order valence-corrected chi connectivity index (χ4v) is 6.59. The molecule has 1 aliphatic heterocycles. The van der Waals surface area contributed by atoms with Gasteiger partial charge in [-0.25, -0.2) is 17.8 Å². The first-order valence-electron chi connectivity index (χ1n) is 9.94. The first-order chi connectivity index (χ1) is 15.3. The van der Waals surface area contributed by atoms with E-state index in [1.165, 1.54) is 23.5 Å². The van der Waals surface area contributed by atoms with Crippen LogP contribution in [0.2, 0.25) is 5.02 Å². The molecule has 1 aromatic heterocycles. The van der Waals surface area contributed by atoms with Gasteiger partial charge in [-0.2, -0.15) is 0 Å². The lowest BCUT2D eigenvalue weighted by atomic mass is 10.1. The number of methoxy groups -OCH3 is 2. The van der Waals surface area contributed by atoms with Crippen molar-refractivity contribution in [3.05, 3.63) is 52.6 Å². The summed E-state index contributed by atoms with van der Waals surface area (Å²) in [7, 11) is -0.382. The Morgan fingerprint density at radius 2 is 1.75 bits per heavy atom. The number of aromatic nitrogens is 1. The van der Waals surface area contributed by atoms with E-state index in [9.17, 15) is 12.8 Å². The minimum atomic E-state index is -3.58. The summed E-state index contributed by atoms with van der Waals surface area (Å²) in [5.41, 5.74) is 1.69. The molecule has 0 N–H and O–H groups in total. The van der Waals surface area contributed by atoms with Gasteiger partial charge in [0.1, 0.15) is 17.3 Å². The summed E-state index contributed by atoms with van der Waals surface area (Å²) in [6.07, 6.45) is 0.915. The van der Waals surface area contributed by atoms with Crippen LogP contribution in [-0.2, 0) is 9.84 Å². The molecule has 0 aliphatic carbocycles. The number of hydrogen-bond acceptors (Lipinski definition) is 7. The number of halogens is 2. The Labute approximate surface area is 195 Å². The molecule has 32 heavy (non-hydrogen) atoms. The van der Waals surface area contributed by atoms with E-state index in [2.05, 4.69) is 4.90 Å². The van der Waals surface area contributed by atoms with Crippen molar-refractivity contribution in [1.29, 1.82) is 0 Å². The zero-order valence-electron chi connectivity index (χ0n) is 17.5. The van der Waals surface area contributed by atoms with Gasteiger partial charge in [0.2, 0.25) is 0 Å². The number of piperidine rings is 1. The normalized spacial score (nSPS) is 15.1. The summed E-state index contributed by atoms with van der Waals surface area (Å²) in [6.45, 7) is 1.13. The number of anilines is 1. The molecule has 0 radical (unpaired) electrons. The topological polar surface area (TPSA) is 68.7 Å². The zero-order chi connectivity index (χ0) is 22.9. The average Bonchev–Trinajstić information content (AvgIpc) is 3.31. The highest BCUT2D eigenvalue weighted by atomic mass is 35.5. The maximum absolute atomic E-state index is 13.4. The molecule has 10 heteroatoms. The Kier molecular flexibility index (Phi) is 6.60. The van der Waals surface area contributed by atoms with Crippen molar-refractivity contribution in [3.8, 4) is 22.8 Å². The van der Waals surface area contributed by atoms with Crippen molar-refractivity contribution in [2.24, 2.45) is 0 Å². The van der Waals surface area contributed by atoms with Crippen LogP contribution in [-0.4, -0.2) is 46.0 Å². The highest BCUT2D eigenvalue weighted by Gasteiger charge is 2.32. The molecule has 4 rings (SSSR count). The van der Waals surface area contributed by atoms with Crippen LogP contribution in [0.3, 0.4) is 0 Å². The van der Waals surface area contributed by atoms with Crippen LogP contribution in [0.15, 0.2) is 46.7 Å². The predicted molar refractivity (Wildman–Crippen MR) is 124 cm³/mol. The van der Waals surface area contributed by atoms with Crippen molar-refractivity contribution in [3.63, 3.8) is 0 Å². The summed E-state index contributed by atoms with van der Waals surface area (Å²) in [5.74, 6) is 0.732. The lowest BCUT2D eigenvalue weighted by molar-refractivity contribution is 0.394. The molecule has 6 nitrogen and oxygen atoms in total. The van der Waals surface area contributed by atoms with Crippen LogP contribution in [0.5, 0.6) is 11.5 Å². The quantitative estimate of drug-likeness (QED) is 0.444. The molecule has 0 spiro atoms. The zero-order valence-corrected chi connectivity index (χ0v) is 19.9. The third-order valence-electron chi connectivity index (χ3n) is 5.51. The first-order valence-corrected chi connectivity index (χ1v) is 12.7. The molecule has 2 aromatic carbocycles. The molecule has 3 aromatic rings. The molecule has 0 saturated carbocycles. The monoisotopic (exact) mass is 496 g/mol. The summed E-state index contributed by atoms with van der Waals surface area (Å²) < 4.78 is 50.0. The fraction of sp³-hybridized carbons (Fsp3) is 0.318. The second kappa shape index (κ2) is 9.25. The van der Waals surface area contributed by atoms with E-state index in [4.69, 9.17) is 26.1 Å². The third-order valence-corrected chi connectivity index (χ3v) is 8.96. The second-order valence-corrected chi connectivity index (χ2v) is 10.9. The Balaban J connectivity index is 1.47. The maximum atomic E-state index is 13.4. The molecule has 1 aliphatic rings. The van der Waals surface area contributed by atoms with E-state index in [-0.39, 0.29) is 9.92 Å². The van der Waals surface area contributed by atoms with Gasteiger partial charge in [-0.1, -0.05) is 11.6 Å². The van der Waals surface area contributed by atoms with E-state index in [0.717, 1.165) is 22.5 Å². The minimum Gasteiger partial charge on any atom is -0.497 e. The molecular weight excluding hydrogens is 475 g/mol. The summed E-state index contributed by atoms with van der Waals surface area (Å²) in [4.78, 5) is 6.90. The summed E-state index contributed by atoms with van der Waals surface area (Å²) in [5, 5.41) is 2.07. The fourth-order valence-electron chi connectivity index (χ4n) is 3.70. The first kappa shape index (κ1) is 22.8. The van der Waals surface area contributed by atoms with Gasteiger partial charge in [-0.05, 0) is 43.2 Å².